The smallest absolute Gasteiger partial charge is 0.243 e. The summed E-state index contributed by atoms with van der Waals surface area (Å²) < 4.78 is 32.5. The maximum absolute atomic E-state index is 12.9. The van der Waals surface area contributed by atoms with E-state index in [0.717, 1.165) is 11.1 Å². The highest BCUT2D eigenvalue weighted by atomic mass is 35.5. The Morgan fingerprint density at radius 3 is 2.77 bits per heavy atom. The summed E-state index contributed by atoms with van der Waals surface area (Å²) in [6, 6.07) is 14.2. The fourth-order valence-electron chi connectivity index (χ4n) is 2.96. The maximum Gasteiger partial charge on any atom is 0.243 e. The minimum Gasteiger partial charge on any atom is -0.379 e. The van der Waals surface area contributed by atoms with Crippen molar-refractivity contribution in [3.05, 3.63) is 64.5 Å². The summed E-state index contributed by atoms with van der Waals surface area (Å²) in [7, 11) is -3.56. The molecule has 3 aromatic rings. The van der Waals surface area contributed by atoms with Crippen LogP contribution in [0.1, 0.15) is 5.56 Å². The molecule has 10 heteroatoms. The molecule has 1 aliphatic heterocycles. The Morgan fingerprint density at radius 2 is 1.97 bits per heavy atom. The number of anilines is 1. The van der Waals surface area contributed by atoms with Crippen molar-refractivity contribution in [2.24, 2.45) is 5.10 Å². The van der Waals surface area contributed by atoms with Crippen LogP contribution in [0.3, 0.4) is 0 Å². The number of aromatic nitrogens is 1. The van der Waals surface area contributed by atoms with Crippen molar-refractivity contribution in [1.82, 2.24) is 9.29 Å². The van der Waals surface area contributed by atoms with Gasteiger partial charge in [-0.1, -0.05) is 35.9 Å². The van der Waals surface area contributed by atoms with Gasteiger partial charge in [-0.05, 0) is 29.8 Å². The maximum atomic E-state index is 12.9. The summed E-state index contributed by atoms with van der Waals surface area (Å²) in [4.78, 5) is 4.76. The molecule has 7 nitrogen and oxygen atoms in total. The first kappa shape index (κ1) is 21.0. The van der Waals surface area contributed by atoms with Gasteiger partial charge < -0.3 is 4.74 Å². The van der Waals surface area contributed by atoms with Crippen LogP contribution in [-0.4, -0.2) is 50.2 Å². The van der Waals surface area contributed by atoms with Crippen LogP contribution in [-0.2, 0) is 14.8 Å². The highest BCUT2D eigenvalue weighted by Crippen LogP contribution is 2.28. The molecule has 0 radical (unpaired) electrons. The molecular weight excluding hydrogens is 444 g/mol. The van der Waals surface area contributed by atoms with Gasteiger partial charge in [0, 0.05) is 29.1 Å². The molecule has 0 amide bonds. The standard InChI is InChI=1S/C20H19ClN4O3S2/c21-17-5-1-3-15(11-17)13-22-24-20-23-19(14-29-20)16-4-2-6-18(12-16)30(26,27)25-7-9-28-10-8-25/h1-6,11-14H,7-10H2,(H,23,24)/b22-13+. The molecule has 0 aliphatic carbocycles. The summed E-state index contributed by atoms with van der Waals surface area (Å²) in [5.74, 6) is 0. The van der Waals surface area contributed by atoms with Gasteiger partial charge in [0.25, 0.3) is 0 Å². The second kappa shape index (κ2) is 9.23. The molecule has 0 unspecified atom stereocenters. The molecule has 0 bridgehead atoms. The Morgan fingerprint density at radius 1 is 1.17 bits per heavy atom. The van der Waals surface area contributed by atoms with E-state index in [1.165, 1.54) is 15.6 Å². The van der Waals surface area contributed by atoms with Crippen molar-refractivity contribution in [2.75, 3.05) is 31.7 Å². The van der Waals surface area contributed by atoms with Crippen LogP contribution in [0.25, 0.3) is 11.3 Å². The van der Waals surface area contributed by atoms with Gasteiger partial charge in [0.1, 0.15) is 0 Å². The van der Waals surface area contributed by atoms with Gasteiger partial charge in [-0.3, -0.25) is 5.43 Å². The van der Waals surface area contributed by atoms with E-state index < -0.39 is 10.0 Å². The molecule has 156 valence electrons. The average molecular weight is 463 g/mol. The SMILES string of the molecule is O=S(=O)(c1cccc(-c2csc(N/N=C/c3cccc(Cl)c3)n2)c1)N1CCOCC1. The van der Waals surface area contributed by atoms with Gasteiger partial charge in [-0.25, -0.2) is 13.4 Å². The van der Waals surface area contributed by atoms with E-state index >= 15 is 0 Å². The zero-order valence-corrected chi connectivity index (χ0v) is 18.3. The van der Waals surface area contributed by atoms with Crippen LogP contribution in [0, 0.1) is 0 Å². The molecular formula is C20H19ClN4O3S2. The Hall–Kier alpha value is -2.30. The zero-order valence-electron chi connectivity index (χ0n) is 15.9. The number of ether oxygens (including phenoxy) is 1. The molecule has 1 aromatic heterocycles. The highest BCUT2D eigenvalue weighted by Gasteiger charge is 2.26. The topological polar surface area (TPSA) is 83.9 Å². The largest absolute Gasteiger partial charge is 0.379 e. The number of nitrogens with one attached hydrogen (secondary N) is 1. The molecule has 0 atom stereocenters. The molecule has 2 aromatic carbocycles. The number of morpholine rings is 1. The van der Waals surface area contributed by atoms with E-state index in [9.17, 15) is 8.42 Å². The summed E-state index contributed by atoms with van der Waals surface area (Å²) in [5, 5.41) is 7.28. The summed E-state index contributed by atoms with van der Waals surface area (Å²) in [6.07, 6.45) is 1.66. The van der Waals surface area contributed by atoms with Crippen molar-refractivity contribution in [1.29, 1.82) is 0 Å². The van der Waals surface area contributed by atoms with Gasteiger partial charge in [0.2, 0.25) is 15.2 Å². The Labute approximate surface area is 184 Å². The summed E-state index contributed by atoms with van der Waals surface area (Å²) in [6.45, 7) is 1.55. The monoisotopic (exact) mass is 462 g/mol. The second-order valence-corrected chi connectivity index (χ2v) is 9.74. The van der Waals surface area contributed by atoms with Gasteiger partial charge in [-0.15, -0.1) is 11.3 Å². The van der Waals surface area contributed by atoms with E-state index in [4.69, 9.17) is 16.3 Å². The lowest BCUT2D eigenvalue weighted by molar-refractivity contribution is 0.0730. The van der Waals surface area contributed by atoms with E-state index in [2.05, 4.69) is 15.5 Å². The fraction of sp³-hybridized carbons (Fsp3) is 0.200. The Balaban J connectivity index is 1.49. The number of benzene rings is 2. The van der Waals surface area contributed by atoms with Gasteiger partial charge in [0.15, 0.2) is 0 Å². The highest BCUT2D eigenvalue weighted by molar-refractivity contribution is 7.89. The third kappa shape index (κ3) is 4.88. The normalized spacial score (nSPS) is 15.5. The lowest BCUT2D eigenvalue weighted by atomic mass is 10.2. The number of nitrogens with zero attached hydrogens (tertiary/aromatic N) is 3. The summed E-state index contributed by atoms with van der Waals surface area (Å²) >= 11 is 7.35. The molecule has 1 aliphatic rings. The predicted molar refractivity (Wildman–Crippen MR) is 120 cm³/mol. The first-order chi connectivity index (χ1) is 14.5. The van der Waals surface area contributed by atoms with E-state index in [0.29, 0.717) is 42.2 Å². The molecule has 4 rings (SSSR count). The lowest BCUT2D eigenvalue weighted by Crippen LogP contribution is -2.40. The molecule has 0 saturated carbocycles. The number of halogens is 1. The molecule has 0 spiro atoms. The number of thiazole rings is 1. The third-order valence-corrected chi connectivity index (χ3v) is 7.34. The first-order valence-electron chi connectivity index (χ1n) is 9.21. The second-order valence-electron chi connectivity index (χ2n) is 6.51. The van der Waals surface area contributed by atoms with Crippen LogP contribution in [0.4, 0.5) is 5.13 Å². The number of hydrazone groups is 1. The Kier molecular flexibility index (Phi) is 6.45. The van der Waals surface area contributed by atoms with Crippen molar-refractivity contribution in [3.8, 4) is 11.3 Å². The predicted octanol–water partition coefficient (Wildman–Crippen LogP) is 3.93. The number of hydrogen-bond donors (Lipinski definition) is 1. The minimum atomic E-state index is -3.56. The number of rotatable bonds is 6. The van der Waals surface area contributed by atoms with Gasteiger partial charge >= 0.3 is 0 Å². The van der Waals surface area contributed by atoms with Crippen LogP contribution in [0.15, 0.2) is 63.9 Å². The molecule has 2 heterocycles. The molecule has 30 heavy (non-hydrogen) atoms. The first-order valence-corrected chi connectivity index (χ1v) is 11.9. The molecule has 1 N–H and O–H groups in total. The van der Waals surface area contributed by atoms with Crippen LogP contribution in [0.5, 0.6) is 0 Å². The third-order valence-electron chi connectivity index (χ3n) is 4.46. The molecule has 1 fully saturated rings. The summed E-state index contributed by atoms with van der Waals surface area (Å²) in [5.41, 5.74) is 5.17. The van der Waals surface area contributed by atoms with Crippen LogP contribution >= 0.6 is 22.9 Å². The van der Waals surface area contributed by atoms with Crippen molar-refractivity contribution in [3.63, 3.8) is 0 Å². The fourth-order valence-corrected chi connectivity index (χ4v) is 5.28. The number of hydrogen-bond acceptors (Lipinski definition) is 7. The van der Waals surface area contributed by atoms with Crippen molar-refractivity contribution < 1.29 is 13.2 Å². The van der Waals surface area contributed by atoms with Crippen LogP contribution in [0.2, 0.25) is 5.02 Å². The average Bonchev–Trinajstić information content (AvgIpc) is 3.24. The Bertz CT molecular complexity index is 1160. The van der Waals surface area contributed by atoms with Gasteiger partial charge in [0.05, 0.1) is 30.0 Å². The zero-order chi connectivity index (χ0) is 21.0. The quantitative estimate of drug-likeness (QED) is 0.443. The van der Waals surface area contributed by atoms with E-state index in [-0.39, 0.29) is 4.90 Å². The van der Waals surface area contributed by atoms with Crippen molar-refractivity contribution >= 4 is 44.3 Å². The minimum absolute atomic E-state index is 0.253. The van der Waals surface area contributed by atoms with E-state index in [1.807, 2.05) is 23.6 Å². The van der Waals surface area contributed by atoms with E-state index in [1.54, 1.807) is 36.5 Å². The van der Waals surface area contributed by atoms with Crippen molar-refractivity contribution in [2.45, 2.75) is 4.90 Å². The molecule has 1 saturated heterocycles. The van der Waals surface area contributed by atoms with Gasteiger partial charge in [-0.2, -0.15) is 9.41 Å². The van der Waals surface area contributed by atoms with Crippen LogP contribution < -0.4 is 5.43 Å². The lowest BCUT2D eigenvalue weighted by Gasteiger charge is -2.26. The number of sulfonamides is 1.